The maximum absolute atomic E-state index is 11.6. The van der Waals surface area contributed by atoms with Crippen LogP contribution in [0.3, 0.4) is 0 Å². The number of carbonyl (C=O) groups is 2. The third-order valence-electron chi connectivity index (χ3n) is 2.97. The zero-order chi connectivity index (χ0) is 13.8. The van der Waals surface area contributed by atoms with Crippen molar-refractivity contribution in [3.8, 4) is 0 Å². The fourth-order valence-corrected chi connectivity index (χ4v) is 2.33. The molecule has 1 amide bonds. The second-order valence-electron chi connectivity index (χ2n) is 5.97. The molecule has 1 rings (SSSR count). The maximum Gasteiger partial charge on any atom is 0.407 e. The van der Waals surface area contributed by atoms with Gasteiger partial charge in [-0.3, -0.25) is 4.79 Å². The van der Waals surface area contributed by atoms with Crippen LogP contribution < -0.4 is 5.32 Å². The Bertz CT molecular complexity index is 309. The van der Waals surface area contributed by atoms with Crippen molar-refractivity contribution in [1.29, 1.82) is 0 Å². The van der Waals surface area contributed by atoms with Gasteiger partial charge in [0.2, 0.25) is 0 Å². The fourth-order valence-electron chi connectivity index (χ4n) is 2.33. The molecule has 2 N–H and O–H groups in total. The Morgan fingerprint density at radius 3 is 2.56 bits per heavy atom. The van der Waals surface area contributed by atoms with Crippen LogP contribution in [-0.4, -0.2) is 28.8 Å². The minimum atomic E-state index is -0.766. The molecule has 0 aromatic heterocycles. The van der Waals surface area contributed by atoms with Gasteiger partial charge >= 0.3 is 12.1 Å². The summed E-state index contributed by atoms with van der Waals surface area (Å²) in [5, 5.41) is 11.6. The molecular formula is C13H23NO4. The molecule has 5 nitrogen and oxygen atoms in total. The average Bonchev–Trinajstić information content (AvgIpc) is 2.13. The number of rotatable bonds is 3. The Kier molecular flexibility index (Phi) is 4.99. The van der Waals surface area contributed by atoms with E-state index < -0.39 is 17.7 Å². The molecule has 0 aliphatic heterocycles. The largest absolute Gasteiger partial charge is 0.481 e. The molecule has 1 saturated carbocycles. The van der Waals surface area contributed by atoms with Crippen LogP contribution in [0.2, 0.25) is 0 Å². The van der Waals surface area contributed by atoms with E-state index in [0.29, 0.717) is 0 Å². The fraction of sp³-hybridized carbons (Fsp3) is 0.846. The summed E-state index contributed by atoms with van der Waals surface area (Å²) in [6.45, 7) is 5.46. The van der Waals surface area contributed by atoms with Crippen molar-refractivity contribution in [2.75, 3.05) is 0 Å². The molecule has 1 aliphatic carbocycles. The summed E-state index contributed by atoms with van der Waals surface area (Å²) in [6, 6.07) is 0.0398. The number of alkyl carbamates (subject to hydrolysis) is 1. The highest BCUT2D eigenvalue weighted by molar-refractivity contribution is 5.68. The molecule has 1 unspecified atom stereocenters. The average molecular weight is 257 g/mol. The first-order valence-electron chi connectivity index (χ1n) is 6.47. The maximum atomic E-state index is 11.6. The second-order valence-corrected chi connectivity index (χ2v) is 5.97. The van der Waals surface area contributed by atoms with Gasteiger partial charge in [-0.1, -0.05) is 6.42 Å². The van der Waals surface area contributed by atoms with Gasteiger partial charge in [0.1, 0.15) is 5.60 Å². The predicted octanol–water partition coefficient (Wildman–Crippen LogP) is 2.54. The van der Waals surface area contributed by atoms with E-state index in [2.05, 4.69) is 5.32 Å². The zero-order valence-corrected chi connectivity index (χ0v) is 11.4. The predicted molar refractivity (Wildman–Crippen MR) is 67.4 cm³/mol. The van der Waals surface area contributed by atoms with Crippen LogP contribution in [0.4, 0.5) is 4.79 Å². The van der Waals surface area contributed by atoms with Crippen LogP contribution >= 0.6 is 0 Å². The topological polar surface area (TPSA) is 75.6 Å². The summed E-state index contributed by atoms with van der Waals surface area (Å²) in [7, 11) is 0. The number of nitrogens with one attached hydrogen (secondary N) is 1. The zero-order valence-electron chi connectivity index (χ0n) is 11.4. The van der Waals surface area contributed by atoms with Crippen molar-refractivity contribution in [1.82, 2.24) is 5.32 Å². The van der Waals surface area contributed by atoms with Gasteiger partial charge in [-0.05, 0) is 46.0 Å². The first-order valence-corrected chi connectivity index (χ1v) is 6.47. The number of hydrogen-bond donors (Lipinski definition) is 2. The Hall–Kier alpha value is -1.26. The third kappa shape index (κ3) is 5.89. The van der Waals surface area contributed by atoms with Gasteiger partial charge in [0.25, 0.3) is 0 Å². The van der Waals surface area contributed by atoms with Gasteiger partial charge in [-0.25, -0.2) is 4.79 Å². The molecule has 0 saturated heterocycles. The van der Waals surface area contributed by atoms with Crippen LogP contribution in [0, 0.1) is 5.92 Å². The summed E-state index contributed by atoms with van der Waals surface area (Å²) < 4.78 is 5.19. The van der Waals surface area contributed by atoms with Crippen molar-refractivity contribution in [3.63, 3.8) is 0 Å². The minimum Gasteiger partial charge on any atom is -0.481 e. The van der Waals surface area contributed by atoms with Crippen molar-refractivity contribution < 1.29 is 19.4 Å². The molecule has 104 valence electrons. The highest BCUT2D eigenvalue weighted by Crippen LogP contribution is 2.27. The van der Waals surface area contributed by atoms with E-state index in [4.69, 9.17) is 9.84 Å². The molecule has 0 aromatic rings. The number of aliphatic carboxylic acids is 1. The van der Waals surface area contributed by atoms with Gasteiger partial charge < -0.3 is 15.2 Å². The summed E-state index contributed by atoms with van der Waals surface area (Å²) in [5.41, 5.74) is -0.501. The Morgan fingerprint density at radius 1 is 1.33 bits per heavy atom. The van der Waals surface area contributed by atoms with Gasteiger partial charge in [0.05, 0.1) is 0 Å². The Morgan fingerprint density at radius 2 is 2.00 bits per heavy atom. The van der Waals surface area contributed by atoms with E-state index in [1.165, 1.54) is 0 Å². The molecule has 1 aliphatic rings. The lowest BCUT2D eigenvalue weighted by molar-refractivity contribution is -0.138. The van der Waals surface area contributed by atoms with Crippen LogP contribution in [0.1, 0.15) is 52.9 Å². The smallest absolute Gasteiger partial charge is 0.407 e. The molecule has 0 aromatic carbocycles. The number of carbonyl (C=O) groups excluding carboxylic acids is 1. The quantitative estimate of drug-likeness (QED) is 0.814. The molecule has 1 fully saturated rings. The number of hydrogen-bond acceptors (Lipinski definition) is 3. The summed E-state index contributed by atoms with van der Waals surface area (Å²) in [4.78, 5) is 22.3. The van der Waals surface area contributed by atoms with Crippen LogP contribution in [0.15, 0.2) is 0 Å². The SMILES string of the molecule is CC(C)(C)OC(=O)NC1CCC[C@@H](CC(=O)O)C1. The van der Waals surface area contributed by atoms with Crippen molar-refractivity contribution in [2.45, 2.75) is 64.5 Å². The number of carboxylic acids is 1. The second kappa shape index (κ2) is 6.07. The minimum absolute atomic E-state index is 0.0398. The first-order chi connectivity index (χ1) is 8.26. The molecule has 18 heavy (non-hydrogen) atoms. The van der Waals surface area contributed by atoms with E-state index in [0.717, 1.165) is 25.7 Å². The monoisotopic (exact) mass is 257 g/mol. The Balaban J connectivity index is 2.38. The van der Waals surface area contributed by atoms with E-state index >= 15 is 0 Å². The van der Waals surface area contributed by atoms with Gasteiger partial charge in [-0.2, -0.15) is 0 Å². The molecule has 5 heteroatoms. The molecule has 0 bridgehead atoms. The van der Waals surface area contributed by atoms with Crippen LogP contribution in [-0.2, 0) is 9.53 Å². The van der Waals surface area contributed by atoms with E-state index in [1.54, 1.807) is 0 Å². The lowest BCUT2D eigenvalue weighted by atomic mass is 9.84. The molecular weight excluding hydrogens is 234 g/mol. The van der Waals surface area contributed by atoms with Gasteiger partial charge in [0.15, 0.2) is 0 Å². The molecule has 0 heterocycles. The first kappa shape index (κ1) is 14.8. The molecule has 0 radical (unpaired) electrons. The van der Waals surface area contributed by atoms with Crippen molar-refractivity contribution in [2.24, 2.45) is 5.92 Å². The summed E-state index contributed by atoms with van der Waals surface area (Å²) in [6.07, 6.45) is 3.29. The van der Waals surface area contributed by atoms with E-state index in [9.17, 15) is 9.59 Å². The highest BCUT2D eigenvalue weighted by atomic mass is 16.6. The molecule has 0 spiro atoms. The van der Waals surface area contributed by atoms with Gasteiger partial charge in [0, 0.05) is 12.5 Å². The normalized spacial score (nSPS) is 24.4. The van der Waals surface area contributed by atoms with E-state index in [1.807, 2.05) is 20.8 Å². The third-order valence-corrected chi connectivity index (χ3v) is 2.97. The van der Waals surface area contributed by atoms with Crippen molar-refractivity contribution in [3.05, 3.63) is 0 Å². The van der Waals surface area contributed by atoms with Gasteiger partial charge in [-0.15, -0.1) is 0 Å². The van der Waals surface area contributed by atoms with Crippen molar-refractivity contribution >= 4 is 12.1 Å². The number of carboxylic acid groups (broad SMARTS) is 1. The Labute approximate surface area is 108 Å². The standard InChI is InChI=1S/C13H23NO4/c1-13(2,3)18-12(17)14-10-6-4-5-9(7-10)8-11(15)16/h9-10H,4-8H2,1-3H3,(H,14,17)(H,15,16)/t9-,10?/m1/s1. The highest BCUT2D eigenvalue weighted by Gasteiger charge is 2.26. The summed E-state index contributed by atoms with van der Waals surface area (Å²) in [5.74, 6) is -0.603. The van der Waals surface area contributed by atoms with E-state index in [-0.39, 0.29) is 18.4 Å². The lowest BCUT2D eigenvalue weighted by Crippen LogP contribution is -2.41. The summed E-state index contributed by atoms with van der Waals surface area (Å²) >= 11 is 0. The van der Waals surface area contributed by atoms with Crippen LogP contribution in [0.5, 0.6) is 0 Å². The number of amides is 1. The van der Waals surface area contributed by atoms with Crippen LogP contribution in [0.25, 0.3) is 0 Å². The lowest BCUT2D eigenvalue weighted by Gasteiger charge is -2.30. The molecule has 2 atom stereocenters. The number of ether oxygens (including phenoxy) is 1.